The fourth-order valence-electron chi connectivity index (χ4n) is 2.48. The van der Waals surface area contributed by atoms with Crippen molar-refractivity contribution in [3.05, 3.63) is 72.1 Å². The van der Waals surface area contributed by atoms with Crippen LogP contribution in [0.3, 0.4) is 0 Å². The van der Waals surface area contributed by atoms with Crippen LogP contribution in [0.5, 0.6) is 0 Å². The van der Waals surface area contributed by atoms with Crippen molar-refractivity contribution < 1.29 is 4.79 Å². The number of hydrogen-bond acceptors (Lipinski definition) is 2. The lowest BCUT2D eigenvalue weighted by atomic mass is 9.87. The molecule has 0 spiro atoms. The Hall–Kier alpha value is -2.68. The molecule has 3 nitrogen and oxygen atoms in total. The van der Waals surface area contributed by atoms with E-state index in [2.05, 4.69) is 37.9 Å². The van der Waals surface area contributed by atoms with Crippen molar-refractivity contribution in [2.45, 2.75) is 26.2 Å². The zero-order valence-electron chi connectivity index (χ0n) is 13.7. The lowest BCUT2D eigenvalue weighted by Gasteiger charge is -2.18. The van der Waals surface area contributed by atoms with E-state index in [-0.39, 0.29) is 11.3 Å². The van der Waals surface area contributed by atoms with Crippen LogP contribution >= 0.6 is 0 Å². The highest BCUT2D eigenvalue weighted by atomic mass is 16.1. The molecule has 1 aromatic heterocycles. The quantitative estimate of drug-likeness (QED) is 0.644. The van der Waals surface area contributed by atoms with Crippen molar-refractivity contribution >= 4 is 23.0 Å². The van der Waals surface area contributed by atoms with Crippen LogP contribution in [-0.2, 0) is 5.41 Å². The Balaban J connectivity index is 1.81. The van der Waals surface area contributed by atoms with Crippen LogP contribution in [0.2, 0.25) is 0 Å². The minimum atomic E-state index is -0.0985. The van der Waals surface area contributed by atoms with Crippen LogP contribution in [0.25, 0.3) is 17.1 Å². The average molecular weight is 304 g/mol. The zero-order chi connectivity index (χ0) is 16.4. The van der Waals surface area contributed by atoms with Gasteiger partial charge in [-0.05, 0) is 34.8 Å². The van der Waals surface area contributed by atoms with E-state index in [4.69, 9.17) is 0 Å². The molecular formula is C20H20N2O. The third-order valence-corrected chi connectivity index (χ3v) is 3.89. The van der Waals surface area contributed by atoms with Gasteiger partial charge < -0.3 is 0 Å². The summed E-state index contributed by atoms with van der Waals surface area (Å²) < 4.78 is 1.56. The molecule has 0 radical (unpaired) electrons. The first-order valence-corrected chi connectivity index (χ1v) is 7.70. The third-order valence-electron chi connectivity index (χ3n) is 3.89. The SMILES string of the molecule is CC(C)(C)c1ccc(C=CC(=O)n2cnc3ccccc32)cc1. The number of benzene rings is 2. The van der Waals surface area contributed by atoms with E-state index in [1.807, 2.05) is 42.5 Å². The summed E-state index contributed by atoms with van der Waals surface area (Å²) >= 11 is 0. The van der Waals surface area contributed by atoms with Crippen molar-refractivity contribution in [1.29, 1.82) is 0 Å². The zero-order valence-corrected chi connectivity index (χ0v) is 13.7. The number of fused-ring (bicyclic) bond motifs is 1. The molecule has 1 heterocycles. The average Bonchev–Trinajstić information content (AvgIpc) is 2.96. The van der Waals surface area contributed by atoms with Crippen LogP contribution < -0.4 is 0 Å². The van der Waals surface area contributed by atoms with Crippen molar-refractivity contribution in [2.75, 3.05) is 0 Å². The maximum absolute atomic E-state index is 12.4. The van der Waals surface area contributed by atoms with Gasteiger partial charge in [0.05, 0.1) is 11.0 Å². The molecule has 3 aromatic rings. The predicted molar refractivity (Wildman–Crippen MR) is 94.5 cm³/mol. The molecule has 23 heavy (non-hydrogen) atoms. The number of allylic oxidation sites excluding steroid dienone is 1. The molecule has 0 amide bonds. The van der Waals surface area contributed by atoms with Crippen molar-refractivity contribution in [2.24, 2.45) is 0 Å². The first kappa shape index (κ1) is 15.2. The van der Waals surface area contributed by atoms with E-state index in [1.165, 1.54) is 5.56 Å². The molecule has 3 heteroatoms. The van der Waals surface area contributed by atoms with Crippen molar-refractivity contribution in [3.8, 4) is 0 Å². The van der Waals surface area contributed by atoms with Crippen LogP contribution in [0.1, 0.15) is 36.7 Å². The summed E-state index contributed by atoms with van der Waals surface area (Å²) in [4.78, 5) is 16.6. The van der Waals surface area contributed by atoms with Gasteiger partial charge in [-0.2, -0.15) is 0 Å². The first-order chi connectivity index (χ1) is 10.9. The second-order valence-corrected chi connectivity index (χ2v) is 6.65. The van der Waals surface area contributed by atoms with Crippen LogP contribution in [0, 0.1) is 0 Å². The van der Waals surface area contributed by atoms with E-state index in [9.17, 15) is 4.79 Å². The van der Waals surface area contributed by atoms with Gasteiger partial charge in [0.15, 0.2) is 0 Å². The number of carbonyl (C=O) groups is 1. The van der Waals surface area contributed by atoms with E-state index in [1.54, 1.807) is 17.0 Å². The van der Waals surface area contributed by atoms with Gasteiger partial charge in [-0.1, -0.05) is 57.2 Å². The second-order valence-electron chi connectivity index (χ2n) is 6.65. The summed E-state index contributed by atoms with van der Waals surface area (Å²) in [6, 6.07) is 15.9. The molecule has 2 aromatic carbocycles. The molecule has 0 aliphatic carbocycles. The van der Waals surface area contributed by atoms with E-state index in [0.29, 0.717) is 0 Å². The molecule has 0 saturated heterocycles. The molecule has 0 saturated carbocycles. The number of imidazole rings is 1. The molecule has 0 aliphatic heterocycles. The Labute approximate surface area is 136 Å². The molecular weight excluding hydrogens is 284 g/mol. The number of aromatic nitrogens is 2. The summed E-state index contributed by atoms with van der Waals surface area (Å²) in [5, 5.41) is 0. The van der Waals surface area contributed by atoms with Gasteiger partial charge in [0, 0.05) is 6.08 Å². The lowest BCUT2D eigenvalue weighted by Crippen LogP contribution is -2.10. The highest BCUT2D eigenvalue weighted by Gasteiger charge is 2.12. The maximum atomic E-state index is 12.4. The van der Waals surface area contributed by atoms with Crippen molar-refractivity contribution in [3.63, 3.8) is 0 Å². The monoisotopic (exact) mass is 304 g/mol. The van der Waals surface area contributed by atoms with Crippen LogP contribution in [-0.4, -0.2) is 15.5 Å². The van der Waals surface area contributed by atoms with E-state index < -0.39 is 0 Å². The van der Waals surface area contributed by atoms with Crippen LogP contribution in [0.15, 0.2) is 60.9 Å². The lowest BCUT2D eigenvalue weighted by molar-refractivity contribution is 0.0974. The van der Waals surface area contributed by atoms with Gasteiger partial charge in [0.25, 0.3) is 5.91 Å². The van der Waals surface area contributed by atoms with Gasteiger partial charge >= 0.3 is 0 Å². The predicted octanol–water partition coefficient (Wildman–Crippen LogP) is 4.69. The molecule has 0 N–H and O–H groups in total. The maximum Gasteiger partial charge on any atom is 0.256 e. The minimum absolute atomic E-state index is 0.0985. The number of para-hydroxylation sites is 2. The molecule has 0 atom stereocenters. The Morgan fingerprint density at radius 2 is 1.74 bits per heavy atom. The van der Waals surface area contributed by atoms with E-state index in [0.717, 1.165) is 16.6 Å². The third kappa shape index (κ3) is 3.24. The summed E-state index contributed by atoms with van der Waals surface area (Å²) in [7, 11) is 0. The summed E-state index contributed by atoms with van der Waals surface area (Å²) in [5.41, 5.74) is 4.07. The first-order valence-electron chi connectivity index (χ1n) is 7.70. The van der Waals surface area contributed by atoms with Crippen LogP contribution in [0.4, 0.5) is 0 Å². The molecule has 0 fully saturated rings. The van der Waals surface area contributed by atoms with Gasteiger partial charge in [0.1, 0.15) is 6.33 Å². The van der Waals surface area contributed by atoms with Gasteiger partial charge in [0.2, 0.25) is 0 Å². The summed E-state index contributed by atoms with van der Waals surface area (Å²) in [6.45, 7) is 6.56. The largest absolute Gasteiger partial charge is 0.269 e. The fourth-order valence-corrected chi connectivity index (χ4v) is 2.48. The summed E-state index contributed by atoms with van der Waals surface area (Å²) in [6.07, 6.45) is 4.99. The van der Waals surface area contributed by atoms with E-state index >= 15 is 0 Å². The normalized spacial score (nSPS) is 12.1. The highest BCUT2D eigenvalue weighted by molar-refractivity contribution is 5.99. The number of nitrogens with zero attached hydrogens (tertiary/aromatic N) is 2. The number of rotatable bonds is 2. The molecule has 116 valence electrons. The fraction of sp³-hybridized carbons (Fsp3) is 0.200. The molecule has 3 rings (SSSR count). The summed E-state index contributed by atoms with van der Waals surface area (Å²) in [5.74, 6) is -0.0985. The van der Waals surface area contributed by atoms with Gasteiger partial charge in [-0.3, -0.25) is 9.36 Å². The number of hydrogen-bond donors (Lipinski definition) is 0. The standard InChI is InChI=1S/C20H20N2O/c1-20(2,3)16-11-8-15(9-12-16)10-13-19(23)22-14-21-17-6-4-5-7-18(17)22/h4-14H,1-3H3. The van der Waals surface area contributed by atoms with Gasteiger partial charge in [-0.15, -0.1) is 0 Å². The van der Waals surface area contributed by atoms with Gasteiger partial charge in [-0.25, -0.2) is 4.98 Å². The minimum Gasteiger partial charge on any atom is -0.269 e. The Morgan fingerprint density at radius 3 is 2.43 bits per heavy atom. The Bertz CT molecular complexity index is 865. The molecule has 0 bridgehead atoms. The highest BCUT2D eigenvalue weighted by Crippen LogP contribution is 2.22. The van der Waals surface area contributed by atoms with Crippen molar-refractivity contribution in [1.82, 2.24) is 9.55 Å². The topological polar surface area (TPSA) is 34.9 Å². The Morgan fingerprint density at radius 1 is 1.04 bits per heavy atom. The number of carbonyl (C=O) groups excluding carboxylic acids is 1. The smallest absolute Gasteiger partial charge is 0.256 e. The second kappa shape index (κ2) is 5.84. The molecule has 0 aliphatic rings. The molecule has 0 unspecified atom stereocenters. The Kier molecular flexibility index (Phi) is 3.87.